The number of carbonyl (C=O) groups is 1. The molecule has 7 heteroatoms. The molecule has 28 heavy (non-hydrogen) atoms. The number of ether oxygens (including phenoxy) is 1. The van der Waals surface area contributed by atoms with Gasteiger partial charge in [0.2, 0.25) is 5.91 Å². The minimum Gasteiger partial charge on any atom is -0.394 e. The largest absolute Gasteiger partial charge is 0.394 e. The van der Waals surface area contributed by atoms with Crippen LogP contribution in [0.25, 0.3) is 6.08 Å². The van der Waals surface area contributed by atoms with Gasteiger partial charge in [-0.2, -0.15) is 0 Å². The van der Waals surface area contributed by atoms with Crippen LogP contribution < -0.4 is 10.2 Å². The van der Waals surface area contributed by atoms with Crippen molar-refractivity contribution in [2.45, 2.75) is 6.04 Å². The smallest absolute Gasteiger partial charge is 0.244 e. The van der Waals surface area contributed by atoms with Crippen LogP contribution in [0.3, 0.4) is 0 Å². The zero-order valence-corrected chi connectivity index (χ0v) is 15.3. The van der Waals surface area contributed by atoms with E-state index in [2.05, 4.69) is 5.32 Å². The number of aliphatic hydroxyl groups is 1. The van der Waals surface area contributed by atoms with Crippen LogP contribution in [0.2, 0.25) is 0 Å². The highest BCUT2D eigenvalue weighted by Gasteiger charge is 2.19. The summed E-state index contributed by atoms with van der Waals surface area (Å²) in [5.74, 6) is -1.13. The first-order valence-corrected chi connectivity index (χ1v) is 9.04. The monoisotopic (exact) mass is 388 g/mol. The first-order chi connectivity index (χ1) is 13.6. The summed E-state index contributed by atoms with van der Waals surface area (Å²) in [5, 5.41) is 12.4. The molecule has 3 rings (SSSR count). The fourth-order valence-corrected chi connectivity index (χ4v) is 2.99. The third-order valence-corrected chi connectivity index (χ3v) is 4.52. The van der Waals surface area contributed by atoms with Gasteiger partial charge in [-0.25, -0.2) is 8.78 Å². The number of nitrogens with one attached hydrogen (secondary N) is 1. The molecule has 2 aromatic rings. The maximum absolute atomic E-state index is 14.3. The van der Waals surface area contributed by atoms with E-state index in [1.165, 1.54) is 24.3 Å². The minimum atomic E-state index is -0.675. The highest BCUT2D eigenvalue weighted by molar-refractivity contribution is 5.92. The van der Waals surface area contributed by atoms with Crippen molar-refractivity contribution in [1.29, 1.82) is 0 Å². The minimum absolute atomic E-state index is 0.329. The highest BCUT2D eigenvalue weighted by Crippen LogP contribution is 2.25. The summed E-state index contributed by atoms with van der Waals surface area (Å²) < 4.78 is 32.5. The summed E-state index contributed by atoms with van der Waals surface area (Å²) >= 11 is 0. The Bertz CT molecular complexity index is 834. The van der Waals surface area contributed by atoms with Crippen molar-refractivity contribution in [2.24, 2.45) is 0 Å². The van der Waals surface area contributed by atoms with Gasteiger partial charge in [0.25, 0.3) is 0 Å². The van der Waals surface area contributed by atoms with Gasteiger partial charge in [0, 0.05) is 19.2 Å². The van der Waals surface area contributed by atoms with E-state index in [1.807, 2.05) is 4.90 Å². The summed E-state index contributed by atoms with van der Waals surface area (Å²) in [4.78, 5) is 14.1. The molecular weight excluding hydrogens is 366 g/mol. The number of hydrogen-bond acceptors (Lipinski definition) is 4. The SMILES string of the molecule is O=C(/C=C/c1ccc(F)cc1)N[C@@H](CO)c1ccc(F)c(N2CCOCC2)c1. The van der Waals surface area contributed by atoms with E-state index in [9.17, 15) is 18.7 Å². The topological polar surface area (TPSA) is 61.8 Å². The van der Waals surface area contributed by atoms with Crippen LogP contribution in [-0.2, 0) is 9.53 Å². The summed E-state index contributed by atoms with van der Waals surface area (Å²) in [6, 6.07) is 9.57. The molecule has 1 amide bonds. The van der Waals surface area contributed by atoms with Crippen molar-refractivity contribution >= 4 is 17.7 Å². The van der Waals surface area contributed by atoms with Gasteiger partial charge < -0.3 is 20.1 Å². The van der Waals surface area contributed by atoms with Crippen molar-refractivity contribution in [1.82, 2.24) is 5.32 Å². The average molecular weight is 388 g/mol. The molecule has 1 heterocycles. The fraction of sp³-hybridized carbons (Fsp3) is 0.286. The maximum atomic E-state index is 14.3. The van der Waals surface area contributed by atoms with Crippen LogP contribution in [-0.4, -0.2) is 43.9 Å². The van der Waals surface area contributed by atoms with Gasteiger partial charge in [-0.15, -0.1) is 0 Å². The molecular formula is C21H22F2N2O3. The molecule has 148 valence electrons. The highest BCUT2D eigenvalue weighted by atomic mass is 19.1. The molecule has 0 aromatic heterocycles. The Kier molecular flexibility index (Phi) is 6.73. The Morgan fingerprint density at radius 2 is 1.89 bits per heavy atom. The first kappa shape index (κ1) is 20.0. The number of morpholine rings is 1. The van der Waals surface area contributed by atoms with E-state index in [1.54, 1.807) is 30.3 Å². The molecule has 1 aliphatic heterocycles. The summed E-state index contributed by atoms with van der Waals surface area (Å²) in [5.41, 5.74) is 1.71. The number of hydrogen-bond donors (Lipinski definition) is 2. The van der Waals surface area contributed by atoms with E-state index in [4.69, 9.17) is 4.74 Å². The van der Waals surface area contributed by atoms with Crippen LogP contribution in [0.5, 0.6) is 0 Å². The molecule has 1 aliphatic rings. The Morgan fingerprint density at radius 3 is 2.57 bits per heavy atom. The van der Waals surface area contributed by atoms with Crippen molar-refractivity contribution < 1.29 is 23.4 Å². The van der Waals surface area contributed by atoms with E-state index < -0.39 is 11.9 Å². The van der Waals surface area contributed by atoms with Crippen molar-refractivity contribution in [3.05, 3.63) is 71.3 Å². The lowest BCUT2D eigenvalue weighted by Gasteiger charge is -2.30. The number of carbonyl (C=O) groups excluding carboxylic acids is 1. The predicted molar refractivity (Wildman–Crippen MR) is 103 cm³/mol. The van der Waals surface area contributed by atoms with Gasteiger partial charge in [-0.3, -0.25) is 4.79 Å². The molecule has 0 aliphatic carbocycles. The number of nitrogens with zero attached hydrogens (tertiary/aromatic N) is 1. The normalized spacial score (nSPS) is 15.6. The molecule has 0 spiro atoms. The van der Waals surface area contributed by atoms with Gasteiger partial charge in [-0.05, 0) is 41.5 Å². The lowest BCUT2D eigenvalue weighted by Crippen LogP contribution is -2.37. The quantitative estimate of drug-likeness (QED) is 0.747. The Hall–Kier alpha value is -2.77. The molecule has 0 unspecified atom stereocenters. The summed E-state index contributed by atoms with van der Waals surface area (Å²) in [6.07, 6.45) is 2.86. The van der Waals surface area contributed by atoms with Gasteiger partial charge in [0.15, 0.2) is 0 Å². The molecule has 1 fully saturated rings. The maximum Gasteiger partial charge on any atom is 0.244 e. The van der Waals surface area contributed by atoms with E-state index >= 15 is 0 Å². The van der Waals surface area contributed by atoms with Crippen molar-refractivity contribution in [3.8, 4) is 0 Å². The predicted octanol–water partition coefficient (Wildman–Crippen LogP) is 2.66. The van der Waals surface area contributed by atoms with E-state index in [0.717, 1.165) is 0 Å². The number of rotatable bonds is 6. The van der Waals surface area contributed by atoms with Gasteiger partial charge in [0.1, 0.15) is 11.6 Å². The zero-order valence-electron chi connectivity index (χ0n) is 15.3. The van der Waals surface area contributed by atoms with Crippen LogP contribution in [0.15, 0.2) is 48.5 Å². The van der Waals surface area contributed by atoms with Crippen LogP contribution in [0.1, 0.15) is 17.2 Å². The average Bonchev–Trinajstić information content (AvgIpc) is 2.73. The van der Waals surface area contributed by atoms with Gasteiger partial charge in [-0.1, -0.05) is 18.2 Å². The van der Waals surface area contributed by atoms with E-state index in [-0.39, 0.29) is 18.2 Å². The van der Waals surface area contributed by atoms with Crippen LogP contribution >= 0.6 is 0 Å². The molecule has 2 N–H and O–H groups in total. The Morgan fingerprint density at radius 1 is 1.18 bits per heavy atom. The summed E-state index contributed by atoms with van der Waals surface area (Å²) in [7, 11) is 0. The molecule has 5 nitrogen and oxygen atoms in total. The molecule has 0 bridgehead atoms. The van der Waals surface area contributed by atoms with Gasteiger partial charge >= 0.3 is 0 Å². The zero-order chi connectivity index (χ0) is 19.9. The lowest BCUT2D eigenvalue weighted by molar-refractivity contribution is -0.117. The molecule has 1 atom stereocenters. The standard InChI is InChI=1S/C21H22F2N2O3/c22-17-5-1-15(2-6-17)3-8-21(27)24-19(14-26)16-4-7-18(23)20(13-16)25-9-11-28-12-10-25/h1-8,13,19,26H,9-12,14H2,(H,24,27)/b8-3+/t19-/m0/s1. The van der Waals surface area contributed by atoms with Crippen LogP contribution in [0, 0.1) is 11.6 Å². The number of amides is 1. The van der Waals surface area contributed by atoms with Crippen molar-refractivity contribution in [3.63, 3.8) is 0 Å². The molecule has 0 saturated carbocycles. The van der Waals surface area contributed by atoms with E-state index in [0.29, 0.717) is 43.1 Å². The number of anilines is 1. The third-order valence-electron chi connectivity index (χ3n) is 4.52. The van der Waals surface area contributed by atoms with Crippen molar-refractivity contribution in [2.75, 3.05) is 37.8 Å². The Balaban J connectivity index is 1.70. The lowest BCUT2D eigenvalue weighted by atomic mass is 10.1. The molecule has 1 saturated heterocycles. The Labute approximate surface area is 162 Å². The number of aliphatic hydroxyl groups excluding tert-OH is 1. The summed E-state index contributed by atoms with van der Waals surface area (Å²) in [6.45, 7) is 1.88. The second-order valence-corrected chi connectivity index (χ2v) is 6.44. The molecule has 2 aromatic carbocycles. The van der Waals surface area contributed by atoms with Crippen LogP contribution in [0.4, 0.5) is 14.5 Å². The molecule has 0 radical (unpaired) electrons. The second kappa shape index (κ2) is 9.43. The number of benzene rings is 2. The van der Waals surface area contributed by atoms with Gasteiger partial charge in [0.05, 0.1) is 31.5 Å². The number of halogens is 2. The second-order valence-electron chi connectivity index (χ2n) is 6.44. The third kappa shape index (κ3) is 5.15. The fourth-order valence-electron chi connectivity index (χ4n) is 2.99. The first-order valence-electron chi connectivity index (χ1n) is 9.04.